The van der Waals surface area contributed by atoms with E-state index in [1.165, 1.54) is 0 Å². The maximum absolute atomic E-state index is 12.3. The zero-order valence-electron chi connectivity index (χ0n) is 5.36. The highest BCUT2D eigenvalue weighted by Gasteiger charge is 2.00. The van der Waals surface area contributed by atoms with Crippen molar-refractivity contribution in [3.05, 3.63) is 0 Å². The van der Waals surface area contributed by atoms with Crippen molar-refractivity contribution in [3.63, 3.8) is 0 Å². The van der Waals surface area contributed by atoms with Gasteiger partial charge in [-0.25, -0.2) is 4.39 Å². The molecular weight excluding hydrogens is 105 g/mol. The molecule has 0 aromatic rings. The molecule has 0 amide bonds. The van der Waals surface area contributed by atoms with Crippen molar-refractivity contribution in [2.45, 2.75) is 32.4 Å². The van der Waals surface area contributed by atoms with Gasteiger partial charge >= 0.3 is 0 Å². The number of rotatable bonds is 4. The summed E-state index contributed by atoms with van der Waals surface area (Å²) in [4.78, 5) is 0. The summed E-state index contributed by atoms with van der Waals surface area (Å²) in [7, 11) is 0. The smallest absolute Gasteiger partial charge is 0.101 e. The second-order valence-corrected chi connectivity index (χ2v) is 1.96. The molecular formula is C6H14FN. The third-order valence-electron chi connectivity index (χ3n) is 1.08. The van der Waals surface area contributed by atoms with Gasteiger partial charge in [-0.15, -0.1) is 0 Å². The van der Waals surface area contributed by atoms with Gasteiger partial charge in [-0.3, -0.25) is 0 Å². The second-order valence-electron chi connectivity index (χ2n) is 1.96. The molecule has 2 N–H and O–H groups in total. The largest absolute Gasteiger partial charge is 0.330 e. The van der Waals surface area contributed by atoms with Crippen molar-refractivity contribution in [1.82, 2.24) is 0 Å². The first-order chi connectivity index (χ1) is 3.81. The van der Waals surface area contributed by atoms with Gasteiger partial charge in [-0.1, -0.05) is 13.3 Å². The van der Waals surface area contributed by atoms with Crippen molar-refractivity contribution in [3.8, 4) is 0 Å². The van der Waals surface area contributed by atoms with Gasteiger partial charge in [0.2, 0.25) is 0 Å². The first kappa shape index (κ1) is 7.89. The van der Waals surface area contributed by atoms with Crippen molar-refractivity contribution in [2.24, 2.45) is 5.73 Å². The Hall–Kier alpha value is -0.110. The van der Waals surface area contributed by atoms with Crippen LogP contribution in [-0.4, -0.2) is 12.7 Å². The van der Waals surface area contributed by atoms with E-state index in [2.05, 4.69) is 0 Å². The van der Waals surface area contributed by atoms with Crippen LogP contribution in [0.15, 0.2) is 0 Å². The summed E-state index contributed by atoms with van der Waals surface area (Å²) >= 11 is 0. The zero-order valence-corrected chi connectivity index (χ0v) is 5.36. The molecule has 0 aliphatic carbocycles. The van der Waals surface area contributed by atoms with E-state index in [0.717, 1.165) is 6.42 Å². The van der Waals surface area contributed by atoms with E-state index in [0.29, 0.717) is 19.4 Å². The molecule has 8 heavy (non-hydrogen) atoms. The van der Waals surface area contributed by atoms with Crippen LogP contribution < -0.4 is 5.73 Å². The minimum absolute atomic E-state index is 0.473. The molecule has 0 aliphatic rings. The fraction of sp³-hybridized carbons (Fsp3) is 1.00. The Bertz CT molecular complexity index is 41.8. The van der Waals surface area contributed by atoms with Crippen molar-refractivity contribution in [2.75, 3.05) is 6.54 Å². The van der Waals surface area contributed by atoms with Crippen molar-refractivity contribution >= 4 is 0 Å². The van der Waals surface area contributed by atoms with E-state index in [9.17, 15) is 4.39 Å². The molecule has 50 valence electrons. The monoisotopic (exact) mass is 119 g/mol. The van der Waals surface area contributed by atoms with Gasteiger partial charge in [0.25, 0.3) is 0 Å². The fourth-order valence-corrected chi connectivity index (χ4v) is 0.638. The number of nitrogens with two attached hydrogens (primary N) is 1. The molecule has 0 aromatic carbocycles. The minimum atomic E-state index is -0.662. The van der Waals surface area contributed by atoms with Crippen LogP contribution in [0.1, 0.15) is 26.2 Å². The molecule has 2 heteroatoms. The first-order valence-corrected chi connectivity index (χ1v) is 3.15. The van der Waals surface area contributed by atoms with E-state index in [-0.39, 0.29) is 0 Å². The average Bonchev–Trinajstić information content (AvgIpc) is 1.68. The van der Waals surface area contributed by atoms with Gasteiger partial charge in [0.05, 0.1) is 0 Å². The normalized spacial score (nSPS) is 13.9. The van der Waals surface area contributed by atoms with E-state index < -0.39 is 6.17 Å². The molecule has 0 rings (SSSR count). The Labute approximate surface area is 50.1 Å². The van der Waals surface area contributed by atoms with Crippen LogP contribution in [0.3, 0.4) is 0 Å². The van der Waals surface area contributed by atoms with Crippen LogP contribution in [0, 0.1) is 0 Å². The summed E-state index contributed by atoms with van der Waals surface area (Å²) < 4.78 is 12.3. The Kier molecular flexibility index (Phi) is 4.97. The molecule has 0 fully saturated rings. The standard InChI is InChI=1S/C6H14FN/c1-2-3-6(7)4-5-8/h6H,2-5,8H2,1H3. The highest BCUT2D eigenvalue weighted by molar-refractivity contribution is 4.53. The van der Waals surface area contributed by atoms with Gasteiger partial charge in [-0.05, 0) is 19.4 Å². The van der Waals surface area contributed by atoms with Crippen LogP contribution in [0.2, 0.25) is 0 Å². The highest BCUT2D eigenvalue weighted by Crippen LogP contribution is 2.03. The fourth-order valence-electron chi connectivity index (χ4n) is 0.638. The van der Waals surface area contributed by atoms with E-state index in [4.69, 9.17) is 5.73 Å². The van der Waals surface area contributed by atoms with Gasteiger partial charge in [0.15, 0.2) is 0 Å². The lowest BCUT2D eigenvalue weighted by molar-refractivity contribution is 0.298. The number of hydrogen-bond acceptors (Lipinski definition) is 1. The molecule has 0 radical (unpaired) electrons. The Morgan fingerprint density at radius 1 is 1.50 bits per heavy atom. The van der Waals surface area contributed by atoms with Crippen LogP contribution in [0.5, 0.6) is 0 Å². The van der Waals surface area contributed by atoms with Crippen molar-refractivity contribution < 1.29 is 4.39 Å². The lowest BCUT2D eigenvalue weighted by Crippen LogP contribution is -2.08. The zero-order chi connectivity index (χ0) is 6.41. The topological polar surface area (TPSA) is 26.0 Å². The van der Waals surface area contributed by atoms with Gasteiger partial charge in [0, 0.05) is 0 Å². The average molecular weight is 119 g/mol. The van der Waals surface area contributed by atoms with E-state index in [1.54, 1.807) is 0 Å². The third kappa shape index (κ3) is 4.06. The molecule has 0 bridgehead atoms. The molecule has 1 unspecified atom stereocenters. The van der Waals surface area contributed by atoms with E-state index in [1.807, 2.05) is 6.92 Å². The molecule has 0 heterocycles. The molecule has 1 atom stereocenters. The lowest BCUT2D eigenvalue weighted by atomic mass is 10.2. The highest BCUT2D eigenvalue weighted by atomic mass is 19.1. The Balaban J connectivity index is 2.92. The molecule has 0 aliphatic heterocycles. The van der Waals surface area contributed by atoms with Gasteiger partial charge < -0.3 is 5.73 Å². The molecule has 0 spiro atoms. The maximum atomic E-state index is 12.3. The van der Waals surface area contributed by atoms with Crippen LogP contribution in [-0.2, 0) is 0 Å². The quantitative estimate of drug-likeness (QED) is 0.596. The number of alkyl halides is 1. The summed E-state index contributed by atoms with van der Waals surface area (Å²) in [6.45, 7) is 2.45. The maximum Gasteiger partial charge on any atom is 0.101 e. The lowest BCUT2D eigenvalue weighted by Gasteiger charge is -2.01. The second kappa shape index (κ2) is 5.04. The molecule has 1 nitrogen and oxygen atoms in total. The Morgan fingerprint density at radius 3 is 2.50 bits per heavy atom. The summed E-state index contributed by atoms with van der Waals surface area (Å²) in [6.07, 6.45) is 1.44. The predicted octanol–water partition coefficient (Wildman–Crippen LogP) is 1.47. The van der Waals surface area contributed by atoms with E-state index >= 15 is 0 Å². The van der Waals surface area contributed by atoms with Crippen molar-refractivity contribution in [1.29, 1.82) is 0 Å². The van der Waals surface area contributed by atoms with Crippen LogP contribution in [0.25, 0.3) is 0 Å². The van der Waals surface area contributed by atoms with Crippen LogP contribution >= 0.6 is 0 Å². The third-order valence-corrected chi connectivity index (χ3v) is 1.08. The summed E-state index contributed by atoms with van der Waals surface area (Å²) in [5.41, 5.74) is 5.12. The molecule has 0 aromatic heterocycles. The summed E-state index contributed by atoms with van der Waals surface area (Å²) in [6, 6.07) is 0. The minimum Gasteiger partial charge on any atom is -0.330 e. The number of halogens is 1. The SMILES string of the molecule is CCCC(F)CCN. The first-order valence-electron chi connectivity index (χ1n) is 3.15. The number of hydrogen-bond donors (Lipinski definition) is 1. The van der Waals surface area contributed by atoms with Gasteiger partial charge in [-0.2, -0.15) is 0 Å². The Morgan fingerprint density at radius 2 is 2.12 bits per heavy atom. The molecule has 0 saturated carbocycles. The predicted molar refractivity (Wildman–Crippen MR) is 33.5 cm³/mol. The molecule has 0 saturated heterocycles. The van der Waals surface area contributed by atoms with Crippen LogP contribution in [0.4, 0.5) is 4.39 Å². The van der Waals surface area contributed by atoms with Gasteiger partial charge in [0.1, 0.15) is 6.17 Å². The summed E-state index contributed by atoms with van der Waals surface area (Å²) in [5, 5.41) is 0. The summed E-state index contributed by atoms with van der Waals surface area (Å²) in [5.74, 6) is 0.